The molecule has 0 unspecified atom stereocenters. The van der Waals surface area contributed by atoms with E-state index >= 15 is 0 Å². The minimum Gasteiger partial charge on any atom is -0.454 e. The van der Waals surface area contributed by atoms with Gasteiger partial charge in [0.1, 0.15) is 5.75 Å². The Morgan fingerprint density at radius 3 is 2.50 bits per heavy atom. The molecule has 1 fully saturated rings. The van der Waals surface area contributed by atoms with Crippen LogP contribution in [0.15, 0.2) is 42.5 Å². The van der Waals surface area contributed by atoms with Gasteiger partial charge in [-0.3, -0.25) is 4.90 Å². The van der Waals surface area contributed by atoms with Gasteiger partial charge in [0.05, 0.1) is 0 Å². The molecule has 2 atom stereocenters. The fraction of sp³-hybridized carbons (Fsp3) is 0.400. The molecule has 1 saturated heterocycles. The molecule has 2 aliphatic rings. The van der Waals surface area contributed by atoms with E-state index in [1.165, 1.54) is 11.6 Å². The maximum Gasteiger partial charge on any atom is 0.387 e. The van der Waals surface area contributed by atoms with Crippen LogP contribution in [0.2, 0.25) is 0 Å². The number of nitrogens with two attached hydrogens (primary N) is 1. The van der Waals surface area contributed by atoms with Crippen molar-refractivity contribution in [2.45, 2.75) is 19.1 Å². The number of rotatable bonds is 6. The Kier molecular flexibility index (Phi) is 6.59. The molecule has 0 radical (unpaired) electrons. The molecule has 2 aromatic carbocycles. The zero-order valence-electron chi connectivity index (χ0n) is 15.2. The molecule has 0 saturated carbocycles. The van der Waals surface area contributed by atoms with Gasteiger partial charge >= 0.3 is 6.61 Å². The highest BCUT2D eigenvalue weighted by Gasteiger charge is 2.33. The lowest BCUT2D eigenvalue weighted by Crippen LogP contribution is -2.23. The number of halogens is 3. The first-order valence-corrected chi connectivity index (χ1v) is 8.98. The number of alkyl halides is 2. The number of fused-ring (bicyclic) bond motifs is 1. The molecule has 0 amide bonds. The number of hydrogen-bond acceptors (Lipinski definition) is 5. The van der Waals surface area contributed by atoms with Crippen LogP contribution in [-0.4, -0.2) is 37.9 Å². The number of benzene rings is 2. The molecule has 2 N–H and O–H groups in total. The van der Waals surface area contributed by atoms with Gasteiger partial charge < -0.3 is 19.9 Å². The van der Waals surface area contributed by atoms with Gasteiger partial charge in [0.2, 0.25) is 6.79 Å². The molecular weight excluding hydrogens is 390 g/mol. The van der Waals surface area contributed by atoms with Gasteiger partial charge in [-0.2, -0.15) is 8.78 Å². The van der Waals surface area contributed by atoms with Gasteiger partial charge in [-0.05, 0) is 24.1 Å². The molecule has 0 aromatic heterocycles. The van der Waals surface area contributed by atoms with Crippen LogP contribution >= 0.6 is 12.4 Å². The molecule has 5 nitrogen and oxygen atoms in total. The Bertz CT molecular complexity index is 795. The van der Waals surface area contributed by atoms with Gasteiger partial charge in [-0.1, -0.05) is 30.3 Å². The maximum absolute atomic E-state index is 12.8. The SMILES string of the molecule is Cl.NC[C@@H]1CN(Cc2cc3c(cc2OC(F)F)OCO3)C[C@H]1c1ccccc1. The topological polar surface area (TPSA) is 57.0 Å². The van der Waals surface area contributed by atoms with E-state index in [0.29, 0.717) is 42.0 Å². The normalized spacial score (nSPS) is 21.0. The highest BCUT2D eigenvalue weighted by atomic mass is 35.5. The van der Waals surface area contributed by atoms with Crippen LogP contribution < -0.4 is 19.9 Å². The fourth-order valence-corrected chi connectivity index (χ4v) is 3.94. The summed E-state index contributed by atoms with van der Waals surface area (Å²) in [5.74, 6) is 1.76. The van der Waals surface area contributed by atoms with E-state index in [0.717, 1.165) is 13.1 Å². The average molecular weight is 413 g/mol. The highest BCUT2D eigenvalue weighted by Crippen LogP contribution is 2.40. The summed E-state index contributed by atoms with van der Waals surface area (Å²) in [6.45, 7) is -0.123. The first kappa shape index (κ1) is 20.6. The van der Waals surface area contributed by atoms with Gasteiger partial charge in [0, 0.05) is 37.2 Å². The smallest absolute Gasteiger partial charge is 0.387 e. The van der Waals surface area contributed by atoms with Crippen molar-refractivity contribution in [2.24, 2.45) is 11.7 Å². The average Bonchev–Trinajstić information content (AvgIpc) is 3.28. The molecule has 28 heavy (non-hydrogen) atoms. The standard InChI is InChI=1S/C20H22F2N2O3.ClH/c21-20(22)27-17-7-19-18(25-12-26-19)6-14(17)9-24-10-15(8-23)16(11-24)13-4-2-1-3-5-13;/h1-7,15-16,20H,8-12,23H2;1H/t15-,16+;/m1./s1. The zero-order valence-corrected chi connectivity index (χ0v) is 16.0. The van der Waals surface area contributed by atoms with Crippen LogP contribution in [0.4, 0.5) is 8.78 Å². The van der Waals surface area contributed by atoms with E-state index in [1.54, 1.807) is 6.07 Å². The van der Waals surface area contributed by atoms with Crippen molar-refractivity contribution < 1.29 is 23.0 Å². The van der Waals surface area contributed by atoms with Crippen LogP contribution in [0.5, 0.6) is 17.2 Å². The van der Waals surface area contributed by atoms with E-state index in [-0.39, 0.29) is 24.9 Å². The Morgan fingerprint density at radius 1 is 1.11 bits per heavy atom. The van der Waals surface area contributed by atoms with Crippen LogP contribution in [0.1, 0.15) is 17.0 Å². The van der Waals surface area contributed by atoms with Crippen molar-refractivity contribution in [3.05, 3.63) is 53.6 Å². The van der Waals surface area contributed by atoms with Gasteiger partial charge in [0.25, 0.3) is 0 Å². The summed E-state index contributed by atoms with van der Waals surface area (Å²) >= 11 is 0. The first-order chi connectivity index (χ1) is 13.1. The molecule has 4 rings (SSSR count). The Hall–Kier alpha value is -2.09. The Morgan fingerprint density at radius 2 is 1.82 bits per heavy atom. The van der Waals surface area contributed by atoms with E-state index in [1.807, 2.05) is 18.2 Å². The molecule has 0 bridgehead atoms. The summed E-state index contributed by atoms with van der Waals surface area (Å²) < 4.78 is 41.1. The lowest BCUT2D eigenvalue weighted by molar-refractivity contribution is -0.0508. The third-order valence-corrected chi connectivity index (χ3v) is 5.21. The molecule has 2 aromatic rings. The molecule has 0 spiro atoms. The Labute approximate surface area is 168 Å². The molecule has 0 aliphatic carbocycles. The predicted molar refractivity (Wildman–Crippen MR) is 103 cm³/mol. The molecule has 8 heteroatoms. The lowest BCUT2D eigenvalue weighted by atomic mass is 9.89. The van der Waals surface area contributed by atoms with Crippen LogP contribution in [0.25, 0.3) is 0 Å². The summed E-state index contributed by atoms with van der Waals surface area (Å²) in [7, 11) is 0. The third-order valence-electron chi connectivity index (χ3n) is 5.21. The minimum absolute atomic E-state index is 0. The van der Waals surface area contributed by atoms with Crippen LogP contribution in [0, 0.1) is 5.92 Å². The van der Waals surface area contributed by atoms with Crippen LogP contribution in [0.3, 0.4) is 0 Å². The van der Waals surface area contributed by atoms with E-state index in [4.69, 9.17) is 19.9 Å². The number of nitrogens with zero attached hydrogens (tertiary/aromatic N) is 1. The summed E-state index contributed by atoms with van der Waals surface area (Å²) in [5, 5.41) is 0. The second-order valence-electron chi connectivity index (χ2n) is 6.90. The van der Waals surface area contributed by atoms with Gasteiger partial charge in [0.15, 0.2) is 11.5 Å². The van der Waals surface area contributed by atoms with Crippen molar-refractivity contribution in [3.63, 3.8) is 0 Å². The third kappa shape index (κ3) is 4.32. The van der Waals surface area contributed by atoms with E-state index in [9.17, 15) is 8.78 Å². The maximum atomic E-state index is 12.8. The summed E-state index contributed by atoms with van der Waals surface area (Å²) in [6.07, 6.45) is 0. The lowest BCUT2D eigenvalue weighted by Gasteiger charge is -2.19. The molecule has 152 valence electrons. The number of likely N-dealkylation sites (tertiary alicyclic amines) is 1. The number of ether oxygens (including phenoxy) is 3. The molecular formula is C20H23ClF2N2O3. The van der Waals surface area contributed by atoms with E-state index < -0.39 is 6.61 Å². The Balaban J connectivity index is 0.00000225. The quantitative estimate of drug-likeness (QED) is 0.785. The second-order valence-corrected chi connectivity index (χ2v) is 6.90. The first-order valence-electron chi connectivity index (χ1n) is 8.98. The van der Waals surface area contributed by atoms with Crippen molar-refractivity contribution in [1.82, 2.24) is 4.90 Å². The predicted octanol–water partition coefficient (Wildman–Crippen LogP) is 3.61. The van der Waals surface area contributed by atoms with Crippen molar-refractivity contribution in [3.8, 4) is 17.2 Å². The zero-order chi connectivity index (χ0) is 18.8. The fourth-order valence-electron chi connectivity index (χ4n) is 3.94. The number of hydrogen-bond donors (Lipinski definition) is 1. The summed E-state index contributed by atoms with van der Waals surface area (Å²) in [5.41, 5.74) is 7.91. The van der Waals surface area contributed by atoms with E-state index in [2.05, 4.69) is 17.0 Å². The molecule has 2 heterocycles. The summed E-state index contributed by atoms with van der Waals surface area (Å²) in [6, 6.07) is 13.5. The molecule has 2 aliphatic heterocycles. The minimum atomic E-state index is -2.89. The van der Waals surface area contributed by atoms with Gasteiger partial charge in [-0.25, -0.2) is 0 Å². The van der Waals surface area contributed by atoms with Gasteiger partial charge in [-0.15, -0.1) is 12.4 Å². The van der Waals surface area contributed by atoms with Crippen molar-refractivity contribution >= 4 is 12.4 Å². The van der Waals surface area contributed by atoms with Crippen molar-refractivity contribution in [2.75, 3.05) is 26.4 Å². The second kappa shape index (κ2) is 8.94. The highest BCUT2D eigenvalue weighted by molar-refractivity contribution is 5.85. The van der Waals surface area contributed by atoms with Crippen LogP contribution in [-0.2, 0) is 6.54 Å². The summed E-state index contributed by atoms with van der Waals surface area (Å²) in [4.78, 5) is 2.23. The van der Waals surface area contributed by atoms with Crippen molar-refractivity contribution in [1.29, 1.82) is 0 Å². The monoisotopic (exact) mass is 412 g/mol. The largest absolute Gasteiger partial charge is 0.454 e.